The van der Waals surface area contributed by atoms with E-state index in [4.69, 9.17) is 4.74 Å². The first-order valence-electron chi connectivity index (χ1n) is 5.52. The molecule has 0 aromatic carbocycles. The van der Waals surface area contributed by atoms with Crippen LogP contribution in [0.4, 0.5) is 4.39 Å². The Labute approximate surface area is 105 Å². The highest BCUT2D eigenvalue weighted by molar-refractivity contribution is 5.34. The number of ether oxygens (including phenoxy) is 1. The first-order valence-corrected chi connectivity index (χ1v) is 5.52. The van der Waals surface area contributed by atoms with Gasteiger partial charge in [-0.3, -0.25) is 9.67 Å². The summed E-state index contributed by atoms with van der Waals surface area (Å²) in [4.78, 5) is 4.09. The largest absolute Gasteiger partial charge is 0.493 e. The van der Waals surface area contributed by atoms with Gasteiger partial charge in [0.25, 0.3) is 0 Å². The van der Waals surface area contributed by atoms with Crippen LogP contribution in [-0.4, -0.2) is 28.9 Å². The average molecular weight is 250 g/mol. The number of nitrogens with one attached hydrogen (secondary N) is 1. The number of methoxy groups -OCH3 is 1. The van der Waals surface area contributed by atoms with Crippen LogP contribution >= 0.6 is 0 Å². The predicted octanol–water partition coefficient (Wildman–Crippen LogP) is 1.27. The molecule has 2 heterocycles. The second kappa shape index (κ2) is 5.14. The van der Waals surface area contributed by atoms with E-state index in [1.54, 1.807) is 44.3 Å². The molecule has 5 nitrogen and oxygen atoms in total. The number of nitrogens with zero attached hydrogens (tertiary/aromatic N) is 3. The first kappa shape index (κ1) is 12.5. The van der Waals surface area contributed by atoms with Gasteiger partial charge in [-0.25, -0.2) is 4.39 Å². The van der Waals surface area contributed by atoms with Gasteiger partial charge in [-0.2, -0.15) is 5.10 Å². The smallest absolute Gasteiger partial charge is 0.161 e. The summed E-state index contributed by atoms with van der Waals surface area (Å²) >= 11 is 0. The molecular weight excluding hydrogens is 235 g/mol. The Bertz CT molecular complexity index is 541. The average Bonchev–Trinajstić information content (AvgIpc) is 2.74. The molecule has 0 aliphatic carbocycles. The molecule has 96 valence electrons. The fraction of sp³-hybridized carbons (Fsp3) is 0.333. The number of hydrogen-bond acceptors (Lipinski definition) is 4. The van der Waals surface area contributed by atoms with Crippen LogP contribution < -0.4 is 10.1 Å². The quantitative estimate of drug-likeness (QED) is 0.888. The van der Waals surface area contributed by atoms with Gasteiger partial charge >= 0.3 is 0 Å². The maximum atomic E-state index is 13.8. The van der Waals surface area contributed by atoms with Crippen molar-refractivity contribution in [2.24, 2.45) is 7.05 Å². The zero-order valence-corrected chi connectivity index (χ0v) is 10.5. The highest BCUT2D eigenvalue weighted by atomic mass is 19.1. The van der Waals surface area contributed by atoms with Crippen molar-refractivity contribution < 1.29 is 9.13 Å². The van der Waals surface area contributed by atoms with E-state index in [1.807, 2.05) is 0 Å². The molecule has 18 heavy (non-hydrogen) atoms. The van der Waals surface area contributed by atoms with E-state index in [0.717, 1.165) is 5.69 Å². The fourth-order valence-electron chi connectivity index (χ4n) is 1.93. The molecule has 1 N–H and O–H groups in total. The van der Waals surface area contributed by atoms with E-state index >= 15 is 0 Å². The molecule has 2 aromatic rings. The van der Waals surface area contributed by atoms with Gasteiger partial charge in [-0.1, -0.05) is 0 Å². The Hall–Kier alpha value is -1.95. The molecule has 0 saturated carbocycles. The molecule has 0 spiro atoms. The number of aromatic nitrogens is 3. The summed E-state index contributed by atoms with van der Waals surface area (Å²) in [6.07, 6.45) is 3.16. The number of aryl methyl sites for hydroxylation is 1. The van der Waals surface area contributed by atoms with Crippen LogP contribution in [0.25, 0.3) is 0 Å². The minimum atomic E-state index is -0.409. The molecule has 0 bridgehead atoms. The normalized spacial score (nSPS) is 12.4. The highest BCUT2D eigenvalue weighted by Gasteiger charge is 2.24. The van der Waals surface area contributed by atoms with Gasteiger partial charge in [-0.15, -0.1) is 0 Å². The second-order valence-electron chi connectivity index (χ2n) is 3.81. The Morgan fingerprint density at radius 1 is 1.50 bits per heavy atom. The molecule has 1 atom stereocenters. The number of halogens is 1. The van der Waals surface area contributed by atoms with Gasteiger partial charge in [0.1, 0.15) is 11.5 Å². The van der Waals surface area contributed by atoms with E-state index in [9.17, 15) is 4.39 Å². The Morgan fingerprint density at radius 2 is 2.28 bits per heavy atom. The fourth-order valence-corrected chi connectivity index (χ4v) is 1.93. The molecule has 0 amide bonds. The van der Waals surface area contributed by atoms with Crippen molar-refractivity contribution in [1.29, 1.82) is 0 Å². The molecule has 0 fully saturated rings. The summed E-state index contributed by atoms with van der Waals surface area (Å²) in [6, 6.07) is 2.54. The summed E-state index contributed by atoms with van der Waals surface area (Å²) in [5.74, 6) is 0.238. The molecule has 0 aliphatic rings. The van der Waals surface area contributed by atoms with Crippen LogP contribution in [0, 0.1) is 5.82 Å². The number of pyridine rings is 1. The van der Waals surface area contributed by atoms with E-state index in [1.165, 1.54) is 6.07 Å². The van der Waals surface area contributed by atoms with Gasteiger partial charge in [0.05, 0.1) is 25.0 Å². The van der Waals surface area contributed by atoms with Crippen molar-refractivity contribution in [3.05, 3.63) is 41.7 Å². The lowest BCUT2D eigenvalue weighted by Crippen LogP contribution is -2.23. The van der Waals surface area contributed by atoms with Gasteiger partial charge < -0.3 is 10.1 Å². The molecular formula is C12H15FN4O. The third-order valence-electron chi connectivity index (χ3n) is 2.79. The monoisotopic (exact) mass is 250 g/mol. The minimum Gasteiger partial charge on any atom is -0.493 e. The van der Waals surface area contributed by atoms with E-state index < -0.39 is 6.04 Å². The van der Waals surface area contributed by atoms with E-state index in [0.29, 0.717) is 11.4 Å². The van der Waals surface area contributed by atoms with Crippen molar-refractivity contribution >= 4 is 0 Å². The molecule has 0 saturated heterocycles. The predicted molar refractivity (Wildman–Crippen MR) is 64.9 cm³/mol. The summed E-state index contributed by atoms with van der Waals surface area (Å²) in [7, 11) is 5.08. The Morgan fingerprint density at radius 3 is 2.89 bits per heavy atom. The van der Waals surface area contributed by atoms with E-state index in [-0.39, 0.29) is 5.82 Å². The first-order chi connectivity index (χ1) is 8.69. The third kappa shape index (κ3) is 2.06. The minimum absolute atomic E-state index is 0.321. The standard InChI is InChI=1S/C12H15FN4O/c1-14-11(10-8(13)5-4-6-15-10)12-9(18-3)7-16-17(12)2/h4-7,11,14H,1-3H3. The molecule has 6 heteroatoms. The van der Waals surface area contributed by atoms with Crippen LogP contribution in [0.5, 0.6) is 5.75 Å². The molecule has 2 rings (SSSR count). The van der Waals surface area contributed by atoms with Gasteiger partial charge in [0, 0.05) is 13.2 Å². The number of hydrogen-bond donors (Lipinski definition) is 1. The van der Waals surface area contributed by atoms with Gasteiger partial charge in [0.15, 0.2) is 5.75 Å². The van der Waals surface area contributed by atoms with Crippen molar-refractivity contribution in [1.82, 2.24) is 20.1 Å². The van der Waals surface area contributed by atoms with Crippen LogP contribution in [-0.2, 0) is 7.05 Å². The van der Waals surface area contributed by atoms with Crippen molar-refractivity contribution in [3.63, 3.8) is 0 Å². The molecule has 1 unspecified atom stereocenters. The Kier molecular flexibility index (Phi) is 3.57. The molecule has 2 aromatic heterocycles. The lowest BCUT2D eigenvalue weighted by molar-refractivity contribution is 0.400. The maximum Gasteiger partial charge on any atom is 0.161 e. The van der Waals surface area contributed by atoms with Crippen LogP contribution in [0.3, 0.4) is 0 Å². The van der Waals surface area contributed by atoms with Crippen molar-refractivity contribution in [3.8, 4) is 5.75 Å². The molecule has 0 radical (unpaired) electrons. The maximum absolute atomic E-state index is 13.8. The second-order valence-corrected chi connectivity index (χ2v) is 3.81. The van der Waals surface area contributed by atoms with Crippen LogP contribution in [0.15, 0.2) is 24.5 Å². The van der Waals surface area contributed by atoms with Crippen LogP contribution in [0.2, 0.25) is 0 Å². The summed E-state index contributed by atoms with van der Waals surface area (Å²) in [5.41, 5.74) is 1.06. The van der Waals surface area contributed by atoms with Crippen molar-refractivity contribution in [2.75, 3.05) is 14.2 Å². The highest BCUT2D eigenvalue weighted by Crippen LogP contribution is 2.29. The topological polar surface area (TPSA) is 52.0 Å². The summed E-state index contributed by atoms with van der Waals surface area (Å²) in [6.45, 7) is 0. The summed E-state index contributed by atoms with van der Waals surface area (Å²) in [5, 5.41) is 7.15. The molecule has 0 aliphatic heterocycles. The lowest BCUT2D eigenvalue weighted by atomic mass is 10.1. The van der Waals surface area contributed by atoms with Gasteiger partial charge in [-0.05, 0) is 19.2 Å². The Balaban J connectivity index is 2.52. The zero-order chi connectivity index (χ0) is 13.1. The van der Waals surface area contributed by atoms with E-state index in [2.05, 4.69) is 15.4 Å². The third-order valence-corrected chi connectivity index (χ3v) is 2.79. The summed E-state index contributed by atoms with van der Waals surface area (Å²) < 4.78 is 20.7. The SMILES string of the molecule is CNC(c1ncccc1F)c1c(OC)cnn1C. The lowest BCUT2D eigenvalue weighted by Gasteiger charge is -2.17. The van der Waals surface area contributed by atoms with Crippen LogP contribution in [0.1, 0.15) is 17.4 Å². The zero-order valence-electron chi connectivity index (χ0n) is 10.5. The van der Waals surface area contributed by atoms with Gasteiger partial charge in [0.2, 0.25) is 0 Å². The van der Waals surface area contributed by atoms with Crippen molar-refractivity contribution in [2.45, 2.75) is 6.04 Å². The number of rotatable bonds is 4.